The Morgan fingerprint density at radius 3 is 2.87 bits per heavy atom. The van der Waals surface area contributed by atoms with Gasteiger partial charge in [-0.1, -0.05) is 5.21 Å². The Morgan fingerprint density at radius 2 is 2.47 bits per heavy atom. The van der Waals surface area contributed by atoms with Gasteiger partial charge in [0.05, 0.1) is 19.0 Å². The molecule has 0 atom stereocenters. The number of nitrogens with zero attached hydrogens (tertiary/aromatic N) is 3. The molecular formula is C9H13N3O2S. The van der Waals surface area contributed by atoms with Gasteiger partial charge in [0.2, 0.25) is 0 Å². The summed E-state index contributed by atoms with van der Waals surface area (Å²) in [6.07, 6.45) is 4.33. The molecule has 2 rings (SSSR count). The van der Waals surface area contributed by atoms with Crippen LogP contribution in [0.25, 0.3) is 0 Å². The van der Waals surface area contributed by atoms with Gasteiger partial charge < -0.3 is 4.74 Å². The lowest BCUT2D eigenvalue weighted by Crippen LogP contribution is -2.48. The smallest absolute Gasteiger partial charge is 0.333 e. The molecule has 1 aliphatic rings. The molecule has 0 amide bonds. The molecule has 0 N–H and O–H groups in total. The lowest BCUT2D eigenvalue weighted by atomic mass is 9.77. The van der Waals surface area contributed by atoms with Gasteiger partial charge in [0.15, 0.2) is 5.54 Å². The SMILES string of the molecule is COC(=O)C1(n2cc(CS)nn2)CCC1. The van der Waals surface area contributed by atoms with Gasteiger partial charge >= 0.3 is 5.97 Å². The van der Waals surface area contributed by atoms with Crippen molar-refractivity contribution in [2.24, 2.45) is 0 Å². The third kappa shape index (κ3) is 1.52. The fraction of sp³-hybridized carbons (Fsp3) is 0.667. The van der Waals surface area contributed by atoms with Crippen LogP contribution in [0.15, 0.2) is 6.20 Å². The molecule has 1 aromatic rings. The molecule has 1 aromatic heterocycles. The first-order valence-electron chi connectivity index (χ1n) is 4.84. The molecule has 1 fully saturated rings. The van der Waals surface area contributed by atoms with E-state index in [2.05, 4.69) is 22.9 Å². The molecule has 82 valence electrons. The number of esters is 1. The van der Waals surface area contributed by atoms with Crippen molar-refractivity contribution < 1.29 is 9.53 Å². The number of thiol groups is 1. The molecule has 6 heteroatoms. The topological polar surface area (TPSA) is 57.0 Å². The minimum Gasteiger partial charge on any atom is -0.467 e. The quantitative estimate of drug-likeness (QED) is 0.612. The summed E-state index contributed by atoms with van der Waals surface area (Å²) in [5, 5.41) is 7.90. The van der Waals surface area contributed by atoms with Crippen molar-refractivity contribution in [3.05, 3.63) is 11.9 Å². The number of aromatic nitrogens is 3. The summed E-state index contributed by atoms with van der Waals surface area (Å²) in [4.78, 5) is 11.7. The molecule has 1 saturated carbocycles. The molecule has 15 heavy (non-hydrogen) atoms. The number of rotatable bonds is 3. The molecule has 0 aromatic carbocycles. The van der Waals surface area contributed by atoms with E-state index >= 15 is 0 Å². The third-order valence-electron chi connectivity index (χ3n) is 2.89. The molecule has 1 heterocycles. The Bertz CT molecular complexity index is 373. The molecular weight excluding hydrogens is 214 g/mol. The van der Waals surface area contributed by atoms with E-state index in [4.69, 9.17) is 4.74 Å². The van der Waals surface area contributed by atoms with Gasteiger partial charge in [-0.25, -0.2) is 9.48 Å². The highest BCUT2D eigenvalue weighted by molar-refractivity contribution is 7.79. The number of hydrogen-bond donors (Lipinski definition) is 1. The average Bonchev–Trinajstić information content (AvgIpc) is 2.64. The summed E-state index contributed by atoms with van der Waals surface area (Å²) >= 11 is 4.11. The maximum Gasteiger partial charge on any atom is 0.333 e. The highest BCUT2D eigenvalue weighted by Crippen LogP contribution is 2.39. The molecule has 5 nitrogen and oxygen atoms in total. The summed E-state index contributed by atoms with van der Waals surface area (Å²) in [5.74, 6) is 0.293. The Labute approximate surface area is 93.2 Å². The van der Waals surface area contributed by atoms with Crippen molar-refractivity contribution in [1.29, 1.82) is 0 Å². The average molecular weight is 227 g/mol. The van der Waals surface area contributed by atoms with E-state index in [0.29, 0.717) is 5.75 Å². The number of carbonyl (C=O) groups is 1. The van der Waals surface area contributed by atoms with Crippen LogP contribution >= 0.6 is 12.6 Å². The zero-order chi connectivity index (χ0) is 10.9. The maximum absolute atomic E-state index is 11.7. The lowest BCUT2D eigenvalue weighted by Gasteiger charge is -2.38. The minimum atomic E-state index is -0.608. The molecule has 0 unspecified atom stereocenters. The first-order valence-corrected chi connectivity index (χ1v) is 5.47. The zero-order valence-electron chi connectivity index (χ0n) is 8.51. The van der Waals surface area contributed by atoms with Gasteiger partial charge in [-0.2, -0.15) is 12.6 Å². The van der Waals surface area contributed by atoms with Crippen LogP contribution in [0.5, 0.6) is 0 Å². The van der Waals surface area contributed by atoms with E-state index in [-0.39, 0.29) is 5.97 Å². The largest absolute Gasteiger partial charge is 0.467 e. The third-order valence-corrected chi connectivity index (χ3v) is 3.21. The van der Waals surface area contributed by atoms with E-state index in [1.54, 1.807) is 10.9 Å². The van der Waals surface area contributed by atoms with Crippen molar-refractivity contribution in [2.75, 3.05) is 7.11 Å². The molecule has 0 radical (unpaired) electrons. The second-order valence-electron chi connectivity index (χ2n) is 3.69. The standard InChI is InChI=1S/C9H13N3O2S/c1-14-8(13)9(3-2-4-9)12-5-7(6-15)10-11-12/h5,15H,2-4,6H2,1H3. The second-order valence-corrected chi connectivity index (χ2v) is 4.01. The number of carbonyl (C=O) groups excluding carboxylic acids is 1. The lowest BCUT2D eigenvalue weighted by molar-refractivity contribution is -0.157. The number of methoxy groups -OCH3 is 1. The molecule has 0 spiro atoms. The number of ether oxygens (including phenoxy) is 1. The zero-order valence-corrected chi connectivity index (χ0v) is 9.41. The van der Waals surface area contributed by atoms with Crippen molar-refractivity contribution in [3.63, 3.8) is 0 Å². The van der Waals surface area contributed by atoms with Crippen molar-refractivity contribution >= 4 is 18.6 Å². The molecule has 1 aliphatic carbocycles. The summed E-state index contributed by atoms with van der Waals surface area (Å²) < 4.78 is 6.43. The Kier molecular flexibility index (Phi) is 2.68. The van der Waals surface area contributed by atoms with Gasteiger partial charge in [0.25, 0.3) is 0 Å². The predicted octanol–water partition coefficient (Wildman–Crippen LogP) is 0.760. The summed E-state index contributed by atoms with van der Waals surface area (Å²) in [5.41, 5.74) is 0.164. The highest BCUT2D eigenvalue weighted by Gasteiger charge is 2.48. The molecule has 0 saturated heterocycles. The minimum absolute atomic E-state index is 0.232. The summed E-state index contributed by atoms with van der Waals surface area (Å²) in [7, 11) is 1.40. The maximum atomic E-state index is 11.7. The van der Waals surface area contributed by atoms with Gasteiger partial charge in [-0.3, -0.25) is 0 Å². The van der Waals surface area contributed by atoms with Crippen molar-refractivity contribution in [1.82, 2.24) is 15.0 Å². The fourth-order valence-electron chi connectivity index (χ4n) is 1.81. The van der Waals surface area contributed by atoms with Crippen LogP contribution in [0.2, 0.25) is 0 Å². The van der Waals surface area contributed by atoms with Crippen LogP contribution in [-0.4, -0.2) is 28.1 Å². The van der Waals surface area contributed by atoms with Crippen LogP contribution in [0.1, 0.15) is 25.0 Å². The molecule has 0 bridgehead atoms. The Hall–Kier alpha value is -1.04. The van der Waals surface area contributed by atoms with Gasteiger partial charge in [-0.05, 0) is 19.3 Å². The van der Waals surface area contributed by atoms with E-state index in [0.717, 1.165) is 25.0 Å². The normalized spacial score (nSPS) is 18.3. The first-order chi connectivity index (χ1) is 7.23. The van der Waals surface area contributed by atoms with Crippen LogP contribution < -0.4 is 0 Å². The predicted molar refractivity (Wildman–Crippen MR) is 56.6 cm³/mol. The number of hydrogen-bond acceptors (Lipinski definition) is 5. The van der Waals surface area contributed by atoms with E-state index < -0.39 is 5.54 Å². The highest BCUT2D eigenvalue weighted by atomic mass is 32.1. The second kappa shape index (κ2) is 3.84. The van der Waals surface area contributed by atoms with Crippen molar-refractivity contribution in [3.8, 4) is 0 Å². The van der Waals surface area contributed by atoms with Crippen LogP contribution in [-0.2, 0) is 20.8 Å². The monoisotopic (exact) mass is 227 g/mol. The van der Waals surface area contributed by atoms with Crippen LogP contribution in [0, 0.1) is 0 Å². The fourth-order valence-corrected chi connectivity index (χ4v) is 1.95. The van der Waals surface area contributed by atoms with E-state index in [9.17, 15) is 4.79 Å². The van der Waals surface area contributed by atoms with E-state index in [1.165, 1.54) is 7.11 Å². The summed E-state index contributed by atoms with van der Waals surface area (Å²) in [6, 6.07) is 0. The first kappa shape index (κ1) is 10.5. The molecule has 0 aliphatic heterocycles. The van der Waals surface area contributed by atoms with Gasteiger partial charge in [0, 0.05) is 5.75 Å². The van der Waals surface area contributed by atoms with Crippen LogP contribution in [0.4, 0.5) is 0 Å². The summed E-state index contributed by atoms with van der Waals surface area (Å²) in [6.45, 7) is 0. The van der Waals surface area contributed by atoms with Crippen molar-refractivity contribution in [2.45, 2.75) is 30.6 Å². The van der Waals surface area contributed by atoms with Gasteiger partial charge in [0.1, 0.15) is 0 Å². The Morgan fingerprint density at radius 1 is 1.73 bits per heavy atom. The van der Waals surface area contributed by atoms with Crippen LogP contribution in [0.3, 0.4) is 0 Å². The Balaban J connectivity index is 2.29. The van der Waals surface area contributed by atoms with E-state index in [1.807, 2.05) is 0 Å². The van der Waals surface area contributed by atoms with Gasteiger partial charge in [-0.15, -0.1) is 5.10 Å².